The first-order valence-corrected chi connectivity index (χ1v) is 6.26. The lowest BCUT2D eigenvalue weighted by Gasteiger charge is -2.27. The number of alkyl carbamates (subject to hydrolysis) is 1. The van der Waals surface area contributed by atoms with Crippen molar-refractivity contribution in [3.63, 3.8) is 0 Å². The summed E-state index contributed by atoms with van der Waals surface area (Å²) < 4.78 is 4.42. The van der Waals surface area contributed by atoms with Crippen molar-refractivity contribution in [3.8, 4) is 0 Å². The molecular formula is C12H22N2O4. The molecule has 0 aliphatic heterocycles. The number of methoxy groups -OCH3 is 1. The van der Waals surface area contributed by atoms with Crippen molar-refractivity contribution >= 4 is 12.0 Å². The predicted molar refractivity (Wildman–Crippen MR) is 66.0 cm³/mol. The molecule has 6 heteroatoms. The second-order valence-electron chi connectivity index (χ2n) is 4.94. The molecule has 0 aromatic carbocycles. The Morgan fingerprint density at radius 2 is 2.00 bits per heavy atom. The third-order valence-electron chi connectivity index (χ3n) is 3.55. The number of nitrogens with one attached hydrogen (secondary N) is 2. The lowest BCUT2D eigenvalue weighted by molar-refractivity contribution is -0.123. The highest BCUT2D eigenvalue weighted by Gasteiger charge is 2.33. The summed E-state index contributed by atoms with van der Waals surface area (Å²) in [7, 11) is 1.25. The molecule has 0 aromatic rings. The molecule has 6 nitrogen and oxygen atoms in total. The van der Waals surface area contributed by atoms with E-state index in [4.69, 9.17) is 0 Å². The first-order chi connectivity index (χ1) is 8.53. The predicted octanol–water partition coefficient (Wildman–Crippen LogP) is 0.400. The molecule has 1 aliphatic carbocycles. The lowest BCUT2D eigenvalue weighted by Crippen LogP contribution is -2.48. The van der Waals surface area contributed by atoms with Gasteiger partial charge in [-0.15, -0.1) is 0 Å². The van der Waals surface area contributed by atoms with E-state index in [2.05, 4.69) is 15.4 Å². The number of carbonyl (C=O) groups excluding carboxylic acids is 2. The van der Waals surface area contributed by atoms with Gasteiger partial charge >= 0.3 is 6.09 Å². The van der Waals surface area contributed by atoms with Gasteiger partial charge in [-0.2, -0.15) is 0 Å². The van der Waals surface area contributed by atoms with E-state index >= 15 is 0 Å². The minimum atomic E-state index is -0.644. The molecule has 2 amide bonds. The number of hydrogen-bond acceptors (Lipinski definition) is 4. The van der Waals surface area contributed by atoms with Gasteiger partial charge in [0, 0.05) is 12.0 Å². The van der Waals surface area contributed by atoms with Crippen LogP contribution in [0.25, 0.3) is 0 Å². The van der Waals surface area contributed by atoms with E-state index in [1.165, 1.54) is 7.11 Å². The van der Waals surface area contributed by atoms with Gasteiger partial charge in [0.05, 0.1) is 13.7 Å². The molecule has 0 bridgehead atoms. The summed E-state index contributed by atoms with van der Waals surface area (Å²) in [6.45, 7) is 2.13. The molecule has 3 N–H and O–H groups in total. The van der Waals surface area contributed by atoms with E-state index in [1.54, 1.807) is 6.92 Å². The molecule has 0 unspecified atom stereocenters. The van der Waals surface area contributed by atoms with Gasteiger partial charge in [0.1, 0.15) is 6.04 Å². The zero-order valence-corrected chi connectivity index (χ0v) is 11.0. The number of carbonyl (C=O) groups is 2. The summed E-state index contributed by atoms with van der Waals surface area (Å²) in [5.41, 5.74) is -0.180. The van der Waals surface area contributed by atoms with Crippen LogP contribution in [0.15, 0.2) is 0 Å². The fraction of sp³-hybridized carbons (Fsp3) is 0.833. The molecule has 1 fully saturated rings. The van der Waals surface area contributed by atoms with Crippen molar-refractivity contribution in [3.05, 3.63) is 0 Å². The first kappa shape index (κ1) is 14.8. The molecule has 0 spiro atoms. The molecule has 1 saturated carbocycles. The second kappa shape index (κ2) is 6.58. The van der Waals surface area contributed by atoms with Crippen LogP contribution in [0.2, 0.25) is 0 Å². The fourth-order valence-corrected chi connectivity index (χ4v) is 2.24. The zero-order chi connectivity index (χ0) is 13.6. The molecule has 0 heterocycles. The van der Waals surface area contributed by atoms with Crippen LogP contribution in [0.4, 0.5) is 4.79 Å². The van der Waals surface area contributed by atoms with E-state index in [1.807, 2.05) is 0 Å². The maximum atomic E-state index is 11.7. The Bertz CT molecular complexity index is 300. The molecule has 1 atom stereocenters. The van der Waals surface area contributed by atoms with Crippen LogP contribution < -0.4 is 10.6 Å². The summed E-state index contributed by atoms with van der Waals surface area (Å²) in [6, 6.07) is -0.644. The summed E-state index contributed by atoms with van der Waals surface area (Å²) in [5.74, 6) is -0.264. The van der Waals surface area contributed by atoms with Gasteiger partial charge in [0.2, 0.25) is 5.91 Å². The maximum Gasteiger partial charge on any atom is 0.407 e. The standard InChI is InChI=1S/C12H22N2O4/c1-9(14-11(17)18-2)10(16)13-7-12(8-15)5-3-4-6-12/h9,15H,3-8H2,1-2H3,(H,13,16)(H,14,17)/t9-/m1/s1. The normalized spacial score (nSPS) is 19.1. The van der Waals surface area contributed by atoms with E-state index < -0.39 is 12.1 Å². The van der Waals surface area contributed by atoms with Gasteiger partial charge in [0.25, 0.3) is 0 Å². The summed E-state index contributed by atoms with van der Waals surface area (Å²) in [5, 5.41) is 14.6. The summed E-state index contributed by atoms with van der Waals surface area (Å²) in [6.07, 6.45) is 3.42. The Balaban J connectivity index is 2.37. The highest BCUT2D eigenvalue weighted by molar-refractivity contribution is 5.85. The van der Waals surface area contributed by atoms with Crippen molar-refractivity contribution < 1.29 is 19.4 Å². The Morgan fingerprint density at radius 3 is 2.50 bits per heavy atom. The lowest BCUT2D eigenvalue weighted by atomic mass is 9.87. The first-order valence-electron chi connectivity index (χ1n) is 6.26. The van der Waals surface area contributed by atoms with Crippen LogP contribution in [0.5, 0.6) is 0 Å². The average molecular weight is 258 g/mol. The highest BCUT2D eigenvalue weighted by atomic mass is 16.5. The topological polar surface area (TPSA) is 87.7 Å². The van der Waals surface area contributed by atoms with Crippen molar-refractivity contribution in [1.29, 1.82) is 0 Å². The smallest absolute Gasteiger partial charge is 0.407 e. The van der Waals surface area contributed by atoms with Gasteiger partial charge in [0.15, 0.2) is 0 Å². The fourth-order valence-electron chi connectivity index (χ4n) is 2.24. The molecule has 0 radical (unpaired) electrons. The number of rotatable bonds is 5. The molecule has 104 valence electrons. The molecule has 18 heavy (non-hydrogen) atoms. The van der Waals surface area contributed by atoms with Gasteiger partial charge in [-0.3, -0.25) is 4.79 Å². The van der Waals surface area contributed by atoms with Crippen LogP contribution >= 0.6 is 0 Å². The van der Waals surface area contributed by atoms with Crippen LogP contribution in [0.3, 0.4) is 0 Å². The van der Waals surface area contributed by atoms with Crippen LogP contribution in [0, 0.1) is 5.41 Å². The largest absolute Gasteiger partial charge is 0.453 e. The summed E-state index contributed by atoms with van der Waals surface area (Å²) in [4.78, 5) is 22.7. The van der Waals surface area contributed by atoms with E-state index in [9.17, 15) is 14.7 Å². The Labute approximate surface area is 107 Å². The summed E-state index contributed by atoms with van der Waals surface area (Å²) >= 11 is 0. The van der Waals surface area contributed by atoms with Crippen LogP contribution in [-0.4, -0.2) is 43.4 Å². The Morgan fingerprint density at radius 1 is 1.39 bits per heavy atom. The monoisotopic (exact) mass is 258 g/mol. The third kappa shape index (κ3) is 3.87. The van der Waals surface area contributed by atoms with Crippen LogP contribution in [0.1, 0.15) is 32.6 Å². The van der Waals surface area contributed by atoms with Crippen molar-refractivity contribution in [1.82, 2.24) is 10.6 Å². The second-order valence-corrected chi connectivity index (χ2v) is 4.94. The van der Waals surface area contributed by atoms with Crippen LogP contribution in [-0.2, 0) is 9.53 Å². The molecule has 0 aromatic heterocycles. The van der Waals surface area contributed by atoms with E-state index in [0.29, 0.717) is 6.54 Å². The minimum Gasteiger partial charge on any atom is -0.453 e. The minimum absolute atomic E-state index is 0.0894. The number of amides is 2. The Kier molecular flexibility index (Phi) is 5.40. The quantitative estimate of drug-likeness (QED) is 0.666. The SMILES string of the molecule is COC(=O)N[C@H](C)C(=O)NCC1(CO)CCCC1. The van der Waals surface area contributed by atoms with Gasteiger partial charge in [-0.05, 0) is 19.8 Å². The molecular weight excluding hydrogens is 236 g/mol. The number of ether oxygens (including phenoxy) is 1. The van der Waals surface area contributed by atoms with Crippen molar-refractivity contribution in [2.75, 3.05) is 20.3 Å². The van der Waals surface area contributed by atoms with Gasteiger partial charge in [-0.1, -0.05) is 12.8 Å². The number of aliphatic hydroxyl groups excluding tert-OH is 1. The van der Waals surface area contributed by atoms with E-state index in [0.717, 1.165) is 25.7 Å². The van der Waals surface area contributed by atoms with Gasteiger partial charge < -0.3 is 20.5 Å². The Hall–Kier alpha value is -1.30. The van der Waals surface area contributed by atoms with Crippen molar-refractivity contribution in [2.24, 2.45) is 5.41 Å². The highest BCUT2D eigenvalue weighted by Crippen LogP contribution is 2.36. The third-order valence-corrected chi connectivity index (χ3v) is 3.55. The maximum absolute atomic E-state index is 11.7. The van der Waals surface area contributed by atoms with E-state index in [-0.39, 0.29) is 17.9 Å². The van der Waals surface area contributed by atoms with Gasteiger partial charge in [-0.25, -0.2) is 4.79 Å². The molecule has 1 rings (SSSR count). The number of hydrogen-bond donors (Lipinski definition) is 3. The average Bonchev–Trinajstić information content (AvgIpc) is 2.85. The molecule has 1 aliphatic rings. The zero-order valence-electron chi connectivity index (χ0n) is 11.0. The number of aliphatic hydroxyl groups is 1. The van der Waals surface area contributed by atoms with Crippen molar-refractivity contribution in [2.45, 2.75) is 38.6 Å². The molecule has 0 saturated heterocycles.